The highest BCUT2D eigenvalue weighted by atomic mass is 32.2. The summed E-state index contributed by atoms with van der Waals surface area (Å²) < 4.78 is 12.6. The van der Waals surface area contributed by atoms with E-state index in [1.165, 1.54) is 11.8 Å². The van der Waals surface area contributed by atoms with Crippen LogP contribution in [-0.4, -0.2) is 30.4 Å². The van der Waals surface area contributed by atoms with Crippen molar-refractivity contribution in [2.45, 2.75) is 17.4 Å². The molecule has 0 saturated heterocycles. The van der Waals surface area contributed by atoms with E-state index in [1.807, 2.05) is 37.3 Å². The average molecular weight is 340 g/mol. The molecule has 0 unspecified atom stereocenters. The van der Waals surface area contributed by atoms with Gasteiger partial charge >= 0.3 is 0 Å². The number of aromatic nitrogens is 6. The van der Waals surface area contributed by atoms with E-state index in [-0.39, 0.29) is 5.25 Å². The first-order chi connectivity index (χ1) is 11.8. The van der Waals surface area contributed by atoms with E-state index in [2.05, 4.69) is 25.7 Å². The number of para-hydroxylation sites is 1. The van der Waals surface area contributed by atoms with Crippen molar-refractivity contribution < 1.29 is 8.83 Å². The molecule has 0 aliphatic heterocycles. The van der Waals surface area contributed by atoms with Gasteiger partial charge in [-0.1, -0.05) is 30.0 Å². The second kappa shape index (κ2) is 6.28. The third kappa shape index (κ3) is 2.81. The maximum Gasteiger partial charge on any atom is 0.284 e. The lowest BCUT2D eigenvalue weighted by molar-refractivity contribution is 0.446. The van der Waals surface area contributed by atoms with Gasteiger partial charge in [0, 0.05) is 0 Å². The Kier molecular flexibility index (Phi) is 3.83. The minimum atomic E-state index is -0.0786. The number of thioether (sulfide) groups is 1. The molecule has 3 heterocycles. The maximum absolute atomic E-state index is 5.61. The van der Waals surface area contributed by atoms with Crippen LogP contribution in [0.15, 0.2) is 62.8 Å². The fraction of sp³-hybridized carbons (Fsp3) is 0.133. The van der Waals surface area contributed by atoms with E-state index in [1.54, 1.807) is 23.1 Å². The summed E-state index contributed by atoms with van der Waals surface area (Å²) in [4.78, 5) is 0. The van der Waals surface area contributed by atoms with Crippen molar-refractivity contribution in [3.63, 3.8) is 0 Å². The molecule has 1 aromatic carbocycles. The Morgan fingerprint density at radius 1 is 1.04 bits per heavy atom. The molecule has 0 amide bonds. The molecule has 3 aromatic heterocycles. The molecule has 9 heteroatoms. The predicted octanol–water partition coefficient (Wildman–Crippen LogP) is 3.16. The molecule has 120 valence electrons. The molecule has 0 spiro atoms. The van der Waals surface area contributed by atoms with Crippen molar-refractivity contribution in [1.29, 1.82) is 0 Å². The zero-order valence-corrected chi connectivity index (χ0v) is 13.4. The second-order valence-electron chi connectivity index (χ2n) is 4.89. The summed E-state index contributed by atoms with van der Waals surface area (Å²) in [6.45, 7) is 1.98. The number of tetrazole rings is 1. The summed E-state index contributed by atoms with van der Waals surface area (Å²) >= 11 is 1.38. The second-order valence-corrected chi connectivity index (χ2v) is 6.19. The highest BCUT2D eigenvalue weighted by Crippen LogP contribution is 2.34. The normalized spacial score (nSPS) is 12.4. The number of rotatable bonds is 5. The van der Waals surface area contributed by atoms with Gasteiger partial charge < -0.3 is 8.83 Å². The standard InChI is InChI=1S/C15H12N6O2S/c1-10(13-16-19-20-21(13)11-6-3-2-4-7-11)24-15-18-17-14(23-15)12-8-5-9-22-12/h2-10H,1H3/t10-/m0/s1. The fourth-order valence-corrected chi connectivity index (χ4v) is 2.93. The molecular formula is C15H12N6O2S. The summed E-state index contributed by atoms with van der Waals surface area (Å²) in [6.07, 6.45) is 1.56. The molecule has 0 N–H and O–H groups in total. The molecule has 0 bridgehead atoms. The maximum atomic E-state index is 5.61. The summed E-state index contributed by atoms with van der Waals surface area (Å²) in [6, 6.07) is 13.2. The summed E-state index contributed by atoms with van der Waals surface area (Å²) in [5.41, 5.74) is 0.895. The van der Waals surface area contributed by atoms with E-state index < -0.39 is 0 Å². The van der Waals surface area contributed by atoms with Gasteiger partial charge in [0.15, 0.2) is 11.6 Å². The van der Waals surface area contributed by atoms with Gasteiger partial charge in [-0.2, -0.15) is 4.68 Å². The van der Waals surface area contributed by atoms with Crippen molar-refractivity contribution in [2.24, 2.45) is 0 Å². The fourth-order valence-electron chi connectivity index (χ4n) is 2.16. The van der Waals surface area contributed by atoms with E-state index in [4.69, 9.17) is 8.83 Å². The third-order valence-corrected chi connectivity index (χ3v) is 4.21. The quantitative estimate of drug-likeness (QED) is 0.511. The van der Waals surface area contributed by atoms with Gasteiger partial charge in [0.1, 0.15) is 0 Å². The molecule has 4 aromatic rings. The molecule has 8 nitrogen and oxygen atoms in total. The lowest BCUT2D eigenvalue weighted by Gasteiger charge is -2.08. The number of benzene rings is 1. The third-order valence-electron chi connectivity index (χ3n) is 3.27. The molecule has 1 atom stereocenters. The molecule has 4 rings (SSSR count). The Balaban J connectivity index is 1.55. The number of hydrogen-bond donors (Lipinski definition) is 0. The van der Waals surface area contributed by atoms with Crippen LogP contribution in [0.1, 0.15) is 18.0 Å². The molecule has 0 aliphatic carbocycles. The van der Waals surface area contributed by atoms with Crippen LogP contribution in [0.4, 0.5) is 0 Å². The van der Waals surface area contributed by atoms with E-state index in [9.17, 15) is 0 Å². The van der Waals surface area contributed by atoms with Crippen molar-refractivity contribution in [3.8, 4) is 17.3 Å². The summed E-state index contributed by atoms with van der Waals surface area (Å²) in [5, 5.41) is 20.3. The monoisotopic (exact) mass is 340 g/mol. The minimum Gasteiger partial charge on any atom is -0.459 e. The van der Waals surface area contributed by atoms with Gasteiger partial charge in [-0.3, -0.25) is 0 Å². The van der Waals surface area contributed by atoms with Crippen LogP contribution in [0.3, 0.4) is 0 Å². The van der Waals surface area contributed by atoms with Crippen molar-refractivity contribution in [2.75, 3.05) is 0 Å². The first kappa shape index (κ1) is 14.6. The van der Waals surface area contributed by atoms with Crippen LogP contribution >= 0.6 is 11.8 Å². The van der Waals surface area contributed by atoms with Crippen molar-refractivity contribution >= 4 is 11.8 Å². The van der Waals surface area contributed by atoms with Crippen LogP contribution < -0.4 is 0 Å². The Bertz CT molecular complexity index is 919. The van der Waals surface area contributed by atoms with Gasteiger partial charge in [-0.05, 0) is 41.6 Å². The highest BCUT2D eigenvalue weighted by Gasteiger charge is 2.20. The van der Waals surface area contributed by atoms with Crippen LogP contribution in [0, 0.1) is 0 Å². The lowest BCUT2D eigenvalue weighted by Crippen LogP contribution is -2.04. The zero-order valence-electron chi connectivity index (χ0n) is 12.6. The van der Waals surface area contributed by atoms with Crippen molar-refractivity contribution in [1.82, 2.24) is 30.4 Å². The predicted molar refractivity (Wildman–Crippen MR) is 85.4 cm³/mol. The highest BCUT2D eigenvalue weighted by molar-refractivity contribution is 7.99. The molecular weight excluding hydrogens is 328 g/mol. The largest absolute Gasteiger partial charge is 0.459 e. The first-order valence-corrected chi connectivity index (χ1v) is 8.07. The van der Waals surface area contributed by atoms with Gasteiger partial charge in [-0.25, -0.2) is 0 Å². The lowest BCUT2D eigenvalue weighted by atomic mass is 10.3. The smallest absolute Gasteiger partial charge is 0.284 e. The molecule has 0 fully saturated rings. The zero-order chi connectivity index (χ0) is 16.4. The van der Waals surface area contributed by atoms with E-state index >= 15 is 0 Å². The number of nitrogens with zero attached hydrogens (tertiary/aromatic N) is 6. The van der Waals surface area contributed by atoms with Crippen LogP contribution in [-0.2, 0) is 0 Å². The van der Waals surface area contributed by atoms with E-state index in [0.717, 1.165) is 5.69 Å². The molecule has 0 aliphatic rings. The van der Waals surface area contributed by atoms with Crippen LogP contribution in [0.25, 0.3) is 17.3 Å². The SMILES string of the molecule is C[C@H](Sc1nnc(-c2ccco2)o1)c1nnnn1-c1ccccc1. The van der Waals surface area contributed by atoms with Crippen LogP contribution in [0.5, 0.6) is 0 Å². The van der Waals surface area contributed by atoms with Crippen LogP contribution in [0.2, 0.25) is 0 Å². The summed E-state index contributed by atoms with van der Waals surface area (Å²) in [5.74, 6) is 1.58. The molecule has 0 saturated carbocycles. The number of hydrogen-bond acceptors (Lipinski definition) is 8. The van der Waals surface area contributed by atoms with Gasteiger partial charge in [0.25, 0.3) is 11.1 Å². The molecule has 0 radical (unpaired) electrons. The summed E-state index contributed by atoms with van der Waals surface area (Å²) in [7, 11) is 0. The first-order valence-electron chi connectivity index (χ1n) is 7.19. The van der Waals surface area contributed by atoms with Gasteiger partial charge in [0.2, 0.25) is 0 Å². The van der Waals surface area contributed by atoms with Gasteiger partial charge in [-0.15, -0.1) is 15.3 Å². The topological polar surface area (TPSA) is 95.7 Å². The Labute approximate surface area is 140 Å². The Hall–Kier alpha value is -2.94. The minimum absolute atomic E-state index is 0.0786. The number of furan rings is 1. The average Bonchev–Trinajstić information content (AvgIpc) is 3.36. The van der Waals surface area contributed by atoms with Crippen molar-refractivity contribution in [3.05, 3.63) is 54.6 Å². The Morgan fingerprint density at radius 3 is 2.71 bits per heavy atom. The Morgan fingerprint density at radius 2 is 1.92 bits per heavy atom. The molecule has 24 heavy (non-hydrogen) atoms. The van der Waals surface area contributed by atoms with Gasteiger partial charge in [0.05, 0.1) is 17.2 Å². The van der Waals surface area contributed by atoms with E-state index in [0.29, 0.717) is 22.7 Å².